The minimum atomic E-state index is -1.54. The van der Waals surface area contributed by atoms with Crippen LogP contribution in [0.3, 0.4) is 0 Å². The monoisotopic (exact) mass is 276 g/mol. The highest BCUT2D eigenvalue weighted by Crippen LogP contribution is 2.36. The van der Waals surface area contributed by atoms with Gasteiger partial charge in [-0.15, -0.1) is 5.92 Å². The molecular weight excluding hydrogens is 256 g/mol. The Kier molecular flexibility index (Phi) is 6.04. The van der Waals surface area contributed by atoms with Crippen LogP contribution >= 0.6 is 15.9 Å². The molecule has 0 saturated heterocycles. The summed E-state index contributed by atoms with van der Waals surface area (Å²) in [6, 6.07) is 0. The van der Waals surface area contributed by atoms with Crippen LogP contribution in [-0.4, -0.2) is 20.3 Å². The van der Waals surface area contributed by atoms with Crippen LogP contribution in [-0.2, 0) is 4.43 Å². The predicted molar refractivity (Wildman–Crippen MR) is 69.3 cm³/mol. The van der Waals surface area contributed by atoms with E-state index in [2.05, 4.69) is 61.6 Å². The Labute approximate surface area is 97.9 Å². The molecule has 0 aromatic carbocycles. The van der Waals surface area contributed by atoms with Crippen LogP contribution in [0.15, 0.2) is 0 Å². The molecule has 0 fully saturated rings. The van der Waals surface area contributed by atoms with Gasteiger partial charge >= 0.3 is 0 Å². The third-order valence-corrected chi connectivity index (χ3v) is 7.51. The molecule has 0 N–H and O–H groups in total. The van der Waals surface area contributed by atoms with Crippen molar-refractivity contribution in [3.05, 3.63) is 0 Å². The Morgan fingerprint density at radius 3 is 2.21 bits per heavy atom. The maximum absolute atomic E-state index is 5.96. The Morgan fingerprint density at radius 1 is 1.21 bits per heavy atom. The molecule has 0 saturated carbocycles. The van der Waals surface area contributed by atoms with E-state index in [1.807, 2.05) is 0 Å². The molecule has 0 radical (unpaired) electrons. The van der Waals surface area contributed by atoms with E-state index in [-0.39, 0.29) is 0 Å². The number of hydrogen-bond acceptors (Lipinski definition) is 1. The van der Waals surface area contributed by atoms with Gasteiger partial charge in [-0.3, -0.25) is 0 Å². The van der Waals surface area contributed by atoms with E-state index in [0.717, 1.165) is 18.4 Å². The Bertz CT molecular complexity index is 220. The van der Waals surface area contributed by atoms with Gasteiger partial charge in [-0.1, -0.05) is 42.6 Å². The summed E-state index contributed by atoms with van der Waals surface area (Å²) in [5.41, 5.74) is 0. The van der Waals surface area contributed by atoms with E-state index < -0.39 is 8.32 Å². The van der Waals surface area contributed by atoms with Gasteiger partial charge in [0.15, 0.2) is 8.32 Å². The molecule has 82 valence electrons. The molecule has 3 heteroatoms. The van der Waals surface area contributed by atoms with Crippen LogP contribution < -0.4 is 0 Å². The Hall–Kier alpha value is 0.217. The van der Waals surface area contributed by atoms with Crippen molar-refractivity contribution in [2.75, 3.05) is 11.9 Å². The van der Waals surface area contributed by atoms with Crippen molar-refractivity contribution in [1.29, 1.82) is 0 Å². The fourth-order valence-electron chi connectivity index (χ4n) is 0.709. The van der Waals surface area contributed by atoms with Gasteiger partial charge in [0.25, 0.3) is 0 Å². The van der Waals surface area contributed by atoms with E-state index in [1.165, 1.54) is 0 Å². The third-order valence-electron chi connectivity index (χ3n) is 2.69. The average molecular weight is 277 g/mol. The van der Waals surface area contributed by atoms with Crippen LogP contribution in [0.25, 0.3) is 0 Å². The highest BCUT2D eigenvalue weighted by molar-refractivity contribution is 9.09. The molecule has 0 rings (SSSR count). The smallest absolute Gasteiger partial charge is 0.192 e. The Morgan fingerprint density at radius 2 is 1.79 bits per heavy atom. The summed E-state index contributed by atoms with van der Waals surface area (Å²) < 4.78 is 5.96. The van der Waals surface area contributed by atoms with E-state index >= 15 is 0 Å². The standard InChI is InChI=1S/C11H21BrOSi/c1-11(2,3)14(4,5)13-10-8-6-7-9-12/h8-10H2,1-5H3. The summed E-state index contributed by atoms with van der Waals surface area (Å²) in [6.45, 7) is 12.1. The Balaban J connectivity index is 3.89. The molecular formula is C11H21BrOSi. The normalized spacial score (nSPS) is 12.1. The summed E-state index contributed by atoms with van der Waals surface area (Å²) in [5, 5.41) is 1.06. The maximum atomic E-state index is 5.96. The minimum absolute atomic E-state index is 0.301. The lowest BCUT2D eigenvalue weighted by atomic mass is 10.2. The first kappa shape index (κ1) is 14.2. The first-order valence-electron chi connectivity index (χ1n) is 4.97. The molecule has 0 amide bonds. The van der Waals surface area contributed by atoms with Crippen LogP contribution in [0.4, 0.5) is 0 Å². The summed E-state index contributed by atoms with van der Waals surface area (Å²) in [6.07, 6.45) is 0.845. The third kappa shape index (κ3) is 5.19. The zero-order valence-corrected chi connectivity index (χ0v) is 12.5. The molecule has 0 heterocycles. The lowest BCUT2D eigenvalue weighted by Gasteiger charge is -2.35. The molecule has 1 nitrogen and oxygen atoms in total. The van der Waals surface area contributed by atoms with Crippen molar-refractivity contribution in [2.45, 2.75) is 45.3 Å². The van der Waals surface area contributed by atoms with Crippen LogP contribution in [0.1, 0.15) is 27.2 Å². The topological polar surface area (TPSA) is 9.23 Å². The van der Waals surface area contributed by atoms with Gasteiger partial charge in [0.05, 0.1) is 5.33 Å². The van der Waals surface area contributed by atoms with E-state index in [9.17, 15) is 0 Å². The summed E-state index contributed by atoms with van der Waals surface area (Å²) in [5.74, 6) is 6.03. The molecule has 0 aromatic rings. The average Bonchev–Trinajstić information content (AvgIpc) is 2.02. The summed E-state index contributed by atoms with van der Waals surface area (Å²) in [7, 11) is -1.54. The fourth-order valence-corrected chi connectivity index (χ4v) is 1.95. The SMILES string of the molecule is CC(C)(C)[Si](C)(C)OCCC#CCBr. The molecule has 0 aliphatic rings. The van der Waals surface area contributed by atoms with Crippen molar-refractivity contribution < 1.29 is 4.43 Å². The maximum Gasteiger partial charge on any atom is 0.192 e. The van der Waals surface area contributed by atoms with Crippen molar-refractivity contribution in [3.8, 4) is 11.8 Å². The lowest BCUT2D eigenvalue weighted by Crippen LogP contribution is -2.40. The van der Waals surface area contributed by atoms with Crippen LogP contribution in [0.2, 0.25) is 18.1 Å². The molecule has 0 unspecified atom stereocenters. The lowest BCUT2D eigenvalue weighted by molar-refractivity contribution is 0.296. The largest absolute Gasteiger partial charge is 0.416 e. The summed E-state index contributed by atoms with van der Waals surface area (Å²) >= 11 is 3.27. The molecule has 0 atom stereocenters. The van der Waals surface area contributed by atoms with Gasteiger partial charge in [0.1, 0.15) is 0 Å². The van der Waals surface area contributed by atoms with Gasteiger partial charge in [0, 0.05) is 13.0 Å². The molecule has 0 aromatic heterocycles. The molecule has 0 aliphatic heterocycles. The van der Waals surface area contributed by atoms with Crippen LogP contribution in [0.5, 0.6) is 0 Å². The molecule has 0 bridgehead atoms. The molecule has 0 aliphatic carbocycles. The van der Waals surface area contributed by atoms with Crippen molar-refractivity contribution >= 4 is 24.2 Å². The van der Waals surface area contributed by atoms with Gasteiger partial charge in [0.2, 0.25) is 0 Å². The van der Waals surface area contributed by atoms with E-state index in [4.69, 9.17) is 4.43 Å². The zero-order chi connectivity index (χ0) is 11.2. The first-order valence-corrected chi connectivity index (χ1v) is 9.00. The molecule has 14 heavy (non-hydrogen) atoms. The zero-order valence-electron chi connectivity index (χ0n) is 9.91. The van der Waals surface area contributed by atoms with Crippen LogP contribution in [0, 0.1) is 11.8 Å². The number of halogens is 1. The second kappa shape index (κ2) is 5.94. The van der Waals surface area contributed by atoms with Gasteiger partial charge < -0.3 is 4.43 Å². The van der Waals surface area contributed by atoms with E-state index in [1.54, 1.807) is 0 Å². The quantitative estimate of drug-likeness (QED) is 0.330. The van der Waals surface area contributed by atoms with Gasteiger partial charge in [-0.2, -0.15) is 0 Å². The van der Waals surface area contributed by atoms with Crippen molar-refractivity contribution in [2.24, 2.45) is 0 Å². The second-order valence-electron chi connectivity index (χ2n) is 4.85. The number of rotatable bonds is 3. The fraction of sp³-hybridized carbons (Fsp3) is 0.818. The van der Waals surface area contributed by atoms with Crippen molar-refractivity contribution in [1.82, 2.24) is 0 Å². The van der Waals surface area contributed by atoms with Crippen molar-refractivity contribution in [3.63, 3.8) is 0 Å². The highest BCUT2D eigenvalue weighted by atomic mass is 79.9. The number of alkyl halides is 1. The van der Waals surface area contributed by atoms with Gasteiger partial charge in [-0.25, -0.2) is 0 Å². The molecule has 0 spiro atoms. The van der Waals surface area contributed by atoms with E-state index in [0.29, 0.717) is 5.04 Å². The first-order chi connectivity index (χ1) is 6.31. The predicted octanol–water partition coefficient (Wildman–Crippen LogP) is 3.80. The minimum Gasteiger partial charge on any atom is -0.416 e. The second-order valence-corrected chi connectivity index (χ2v) is 10.2. The number of hydrogen-bond donors (Lipinski definition) is 0. The highest BCUT2D eigenvalue weighted by Gasteiger charge is 2.36. The van der Waals surface area contributed by atoms with Gasteiger partial charge in [-0.05, 0) is 18.1 Å². The summed E-state index contributed by atoms with van der Waals surface area (Å²) in [4.78, 5) is 0.